The molecule has 3 rings (SSSR count). The molecule has 2 aliphatic heterocycles. The average molecular weight is 522 g/mol. The lowest BCUT2D eigenvalue weighted by Crippen LogP contribution is -2.46. The van der Waals surface area contributed by atoms with Gasteiger partial charge in [0.15, 0.2) is 0 Å². The third-order valence-electron chi connectivity index (χ3n) is 8.26. The van der Waals surface area contributed by atoms with Crippen molar-refractivity contribution in [3.63, 3.8) is 0 Å². The lowest BCUT2D eigenvalue weighted by molar-refractivity contribution is -0.154. The van der Waals surface area contributed by atoms with Gasteiger partial charge in [0.1, 0.15) is 30.5 Å². The van der Waals surface area contributed by atoms with Gasteiger partial charge in [-0.1, -0.05) is 34.1 Å². The molecule has 9 heteroatoms. The number of rotatable bonds is 4. The molecule has 0 radical (unpaired) electrons. The van der Waals surface area contributed by atoms with Gasteiger partial charge in [0.25, 0.3) is 0 Å². The average Bonchev–Trinajstić information content (AvgIpc) is 3.24. The first-order valence-electron chi connectivity index (χ1n) is 13.3. The molecule has 0 amide bonds. The summed E-state index contributed by atoms with van der Waals surface area (Å²) in [5, 5.41) is 31.2. The number of cyclic esters (lactones) is 1. The molecule has 0 aromatic carbocycles. The van der Waals surface area contributed by atoms with Crippen LogP contribution in [0.4, 0.5) is 0 Å². The van der Waals surface area contributed by atoms with Gasteiger partial charge in [-0.05, 0) is 50.7 Å². The quantitative estimate of drug-likeness (QED) is 0.400. The first-order chi connectivity index (χ1) is 17.3. The number of ether oxygens (including phenoxy) is 2. The lowest BCUT2D eigenvalue weighted by atomic mass is 9.71. The molecule has 0 aliphatic carbocycles. The van der Waals surface area contributed by atoms with Gasteiger partial charge < -0.3 is 29.2 Å². The zero-order valence-corrected chi connectivity index (χ0v) is 22.9. The molecule has 0 spiro atoms. The molecule has 2 saturated heterocycles. The molecule has 208 valence electrons. The maximum atomic E-state index is 13.4. The van der Waals surface area contributed by atoms with Crippen LogP contribution in [0.1, 0.15) is 91.7 Å². The zero-order chi connectivity index (χ0) is 27.5. The Labute approximate surface area is 219 Å². The smallest absolute Gasteiger partial charge is 0.309 e. The van der Waals surface area contributed by atoms with E-state index in [0.29, 0.717) is 18.5 Å². The fourth-order valence-corrected chi connectivity index (χ4v) is 5.31. The van der Waals surface area contributed by atoms with Gasteiger partial charge in [-0.15, -0.1) is 0 Å². The lowest BCUT2D eigenvalue weighted by Gasteiger charge is -2.35. The number of ketones is 1. The number of carbonyl (C=O) groups excluding carboxylic acids is 2. The summed E-state index contributed by atoms with van der Waals surface area (Å²) in [6, 6.07) is 0. The number of hydrogen-bond acceptors (Lipinski definition) is 9. The van der Waals surface area contributed by atoms with Crippen LogP contribution in [0.5, 0.6) is 0 Å². The van der Waals surface area contributed by atoms with Gasteiger partial charge in [-0.2, -0.15) is 0 Å². The number of hydrogen-bond donors (Lipinski definition) is 3. The van der Waals surface area contributed by atoms with Crippen molar-refractivity contribution in [1.82, 2.24) is 4.98 Å². The molecule has 3 heterocycles. The maximum Gasteiger partial charge on any atom is 0.309 e. The zero-order valence-electron chi connectivity index (χ0n) is 22.9. The highest BCUT2D eigenvalue weighted by Crippen LogP contribution is 2.45. The Kier molecular flexibility index (Phi) is 9.37. The predicted molar refractivity (Wildman–Crippen MR) is 136 cm³/mol. The fraction of sp³-hybridized carbons (Fsp3) is 0.750. The predicted octanol–water partition coefficient (Wildman–Crippen LogP) is 3.58. The normalized spacial score (nSPS) is 36.1. The molecule has 9 nitrogen and oxygen atoms in total. The van der Waals surface area contributed by atoms with Crippen LogP contribution in [0.15, 0.2) is 16.3 Å². The van der Waals surface area contributed by atoms with Gasteiger partial charge in [0, 0.05) is 12.3 Å². The van der Waals surface area contributed by atoms with Crippen molar-refractivity contribution in [3.8, 4) is 0 Å². The second-order valence-electron chi connectivity index (χ2n) is 11.5. The third kappa shape index (κ3) is 6.88. The highest BCUT2D eigenvalue weighted by atomic mass is 16.6. The highest BCUT2D eigenvalue weighted by molar-refractivity contribution is 5.88. The van der Waals surface area contributed by atoms with Crippen LogP contribution in [0.3, 0.4) is 0 Å². The van der Waals surface area contributed by atoms with Crippen LogP contribution >= 0.6 is 0 Å². The van der Waals surface area contributed by atoms with Crippen molar-refractivity contribution in [2.45, 2.75) is 117 Å². The summed E-state index contributed by atoms with van der Waals surface area (Å²) in [7, 11) is 0. The number of esters is 1. The van der Waals surface area contributed by atoms with Gasteiger partial charge in [0.05, 0.1) is 35.7 Å². The van der Waals surface area contributed by atoms with Gasteiger partial charge in [-0.3, -0.25) is 9.59 Å². The molecule has 0 saturated carbocycles. The second-order valence-corrected chi connectivity index (χ2v) is 11.5. The molecule has 1 aromatic rings. The Morgan fingerprint density at radius 2 is 1.95 bits per heavy atom. The molecule has 0 bridgehead atoms. The van der Waals surface area contributed by atoms with E-state index in [-0.39, 0.29) is 42.3 Å². The van der Waals surface area contributed by atoms with E-state index in [1.165, 1.54) is 6.26 Å². The molecule has 1 aromatic heterocycles. The molecular weight excluding hydrogens is 478 g/mol. The number of carbonyl (C=O) groups is 2. The Balaban J connectivity index is 1.87. The van der Waals surface area contributed by atoms with Crippen molar-refractivity contribution in [3.05, 3.63) is 23.4 Å². The van der Waals surface area contributed by atoms with E-state index in [1.54, 1.807) is 19.9 Å². The Hall–Kier alpha value is -2.07. The first kappa shape index (κ1) is 29.5. The number of Topliss-reactive ketones (excluding diaryl/α,β-unsaturated/α-hetero) is 1. The summed E-state index contributed by atoms with van der Waals surface area (Å²) in [6.07, 6.45) is 3.20. The minimum Gasteiger partial charge on any atom is -0.458 e. The van der Waals surface area contributed by atoms with Gasteiger partial charge >= 0.3 is 5.97 Å². The minimum absolute atomic E-state index is 0.0929. The van der Waals surface area contributed by atoms with Crippen LogP contribution in [0.25, 0.3) is 6.08 Å². The number of oxazole rings is 1. The van der Waals surface area contributed by atoms with Crippen LogP contribution < -0.4 is 0 Å². The van der Waals surface area contributed by atoms with E-state index in [2.05, 4.69) is 4.98 Å². The van der Waals surface area contributed by atoms with Crippen LogP contribution in [0.2, 0.25) is 0 Å². The summed E-state index contributed by atoms with van der Waals surface area (Å²) >= 11 is 0. The summed E-state index contributed by atoms with van der Waals surface area (Å²) in [5.74, 6) is -1.42. The molecular formula is C28H43NO8. The summed E-state index contributed by atoms with van der Waals surface area (Å²) < 4.78 is 17.1. The highest BCUT2D eigenvalue weighted by Gasteiger charge is 2.53. The Bertz CT molecular complexity index is 985. The van der Waals surface area contributed by atoms with Gasteiger partial charge in [0.2, 0.25) is 5.89 Å². The van der Waals surface area contributed by atoms with Crippen LogP contribution in [0, 0.1) is 17.3 Å². The standard InChI is InChI=1S/C28H43NO8/c1-7-19-25(33)16(2)9-8-10-28(6)22(37-28)12-20(17(3)11-18-15-35-23(14-30)29-18)36-24(32)13-21(31)27(4,5)26(19)34/h11,15-16,19-22,25,30-31,33H,7-10,12-14H2,1-6H3/t16-,19?,20-,21?,22-,25-,28+/m0/s1. The largest absolute Gasteiger partial charge is 0.458 e. The van der Waals surface area contributed by atoms with Crippen molar-refractivity contribution in [2.24, 2.45) is 17.3 Å². The molecule has 7 atom stereocenters. The number of aromatic nitrogens is 1. The number of epoxide rings is 1. The van der Waals surface area contributed by atoms with Crippen LogP contribution in [-0.4, -0.2) is 62.1 Å². The van der Waals surface area contributed by atoms with Gasteiger partial charge in [-0.25, -0.2) is 4.98 Å². The van der Waals surface area contributed by atoms with Crippen molar-refractivity contribution in [1.29, 1.82) is 0 Å². The summed E-state index contributed by atoms with van der Waals surface area (Å²) in [4.78, 5) is 30.6. The summed E-state index contributed by atoms with van der Waals surface area (Å²) in [6.45, 7) is 10.6. The van der Waals surface area contributed by atoms with E-state index in [0.717, 1.165) is 24.8 Å². The number of aliphatic hydroxyl groups is 3. The topological polar surface area (TPSA) is 143 Å². The minimum atomic E-state index is -1.27. The van der Waals surface area contributed by atoms with E-state index >= 15 is 0 Å². The molecule has 3 N–H and O–H groups in total. The summed E-state index contributed by atoms with van der Waals surface area (Å²) in [5.41, 5.74) is -0.379. The Morgan fingerprint density at radius 3 is 2.57 bits per heavy atom. The van der Waals surface area contributed by atoms with E-state index in [4.69, 9.17) is 13.9 Å². The number of nitrogens with zero attached hydrogens (tertiary/aromatic N) is 1. The molecule has 37 heavy (non-hydrogen) atoms. The van der Waals surface area contributed by atoms with E-state index in [1.807, 2.05) is 27.7 Å². The van der Waals surface area contributed by atoms with Crippen LogP contribution in [-0.2, 0) is 25.7 Å². The Morgan fingerprint density at radius 1 is 1.24 bits per heavy atom. The number of aliphatic hydroxyl groups excluding tert-OH is 3. The molecule has 2 fully saturated rings. The third-order valence-corrected chi connectivity index (χ3v) is 8.26. The molecule has 2 aliphatic rings. The first-order valence-corrected chi connectivity index (χ1v) is 13.3. The SMILES string of the molecule is CCC1C(=O)C(C)(C)C(O)CC(=O)O[C@H](C(C)=Cc2coc(CO)n2)C[C@@H]2O[C@]2(C)CCC[C@H](C)[C@@H]1O. The van der Waals surface area contributed by atoms with E-state index < -0.39 is 35.6 Å². The second kappa shape index (κ2) is 11.8. The van der Waals surface area contributed by atoms with E-state index in [9.17, 15) is 24.9 Å². The molecule has 2 unspecified atom stereocenters. The van der Waals surface area contributed by atoms with Crippen molar-refractivity contribution >= 4 is 17.8 Å². The maximum absolute atomic E-state index is 13.4. The van der Waals surface area contributed by atoms with Crippen molar-refractivity contribution < 1.29 is 38.8 Å². The fourth-order valence-electron chi connectivity index (χ4n) is 5.31. The number of fused-ring (bicyclic) bond motifs is 1. The van der Waals surface area contributed by atoms with Crippen molar-refractivity contribution in [2.75, 3.05) is 0 Å². The monoisotopic (exact) mass is 521 g/mol.